The number of rotatable bonds is 8. The summed E-state index contributed by atoms with van der Waals surface area (Å²) in [7, 11) is 1.88. The van der Waals surface area contributed by atoms with Crippen molar-refractivity contribution in [1.82, 2.24) is 15.5 Å². The molecule has 2 N–H and O–H groups in total. The number of guanidine groups is 1. The van der Waals surface area contributed by atoms with Crippen LogP contribution in [0.2, 0.25) is 0 Å². The lowest BCUT2D eigenvalue weighted by Crippen LogP contribution is -2.46. The van der Waals surface area contributed by atoms with E-state index in [1.807, 2.05) is 18.8 Å². The Hall–Kier alpha value is -1.40. The Morgan fingerprint density at radius 1 is 1.17 bits per heavy atom. The van der Waals surface area contributed by atoms with Crippen LogP contribution in [0.15, 0.2) is 29.3 Å². The zero-order chi connectivity index (χ0) is 20.5. The Morgan fingerprint density at radius 3 is 2.69 bits per heavy atom. The van der Waals surface area contributed by atoms with Gasteiger partial charge in [0.2, 0.25) is 0 Å². The van der Waals surface area contributed by atoms with E-state index in [4.69, 9.17) is 0 Å². The van der Waals surface area contributed by atoms with Crippen LogP contribution in [0.25, 0.3) is 0 Å². The molecule has 2 fully saturated rings. The maximum Gasteiger partial charge on any atom is 0.191 e. The van der Waals surface area contributed by atoms with Gasteiger partial charge >= 0.3 is 0 Å². The molecular formula is C23H39N5S. The molecule has 0 spiro atoms. The topological polar surface area (TPSA) is 42.9 Å². The van der Waals surface area contributed by atoms with Crippen molar-refractivity contribution in [2.75, 3.05) is 57.5 Å². The molecule has 1 heterocycles. The van der Waals surface area contributed by atoms with Crippen LogP contribution in [-0.2, 0) is 0 Å². The fourth-order valence-corrected chi connectivity index (χ4v) is 5.19. The van der Waals surface area contributed by atoms with E-state index in [-0.39, 0.29) is 0 Å². The van der Waals surface area contributed by atoms with Crippen LogP contribution in [0.5, 0.6) is 0 Å². The fourth-order valence-electron chi connectivity index (χ4n) is 4.39. The average Bonchev–Trinajstić information content (AvgIpc) is 3.21. The number of aryl methyl sites for hydroxylation is 1. The number of nitrogens with zero attached hydrogens (tertiary/aromatic N) is 3. The number of aliphatic imine (C=N–C) groups is 1. The fraction of sp³-hybridized carbons (Fsp3) is 0.696. The summed E-state index contributed by atoms with van der Waals surface area (Å²) < 4.78 is 0. The van der Waals surface area contributed by atoms with Gasteiger partial charge in [0.15, 0.2) is 5.96 Å². The smallest absolute Gasteiger partial charge is 0.191 e. The summed E-state index contributed by atoms with van der Waals surface area (Å²) in [4.78, 5) is 9.54. The lowest BCUT2D eigenvalue weighted by atomic mass is 10.2. The minimum Gasteiger partial charge on any atom is -0.369 e. The van der Waals surface area contributed by atoms with Crippen LogP contribution in [0.4, 0.5) is 5.69 Å². The molecule has 162 valence electrons. The second kappa shape index (κ2) is 11.7. The van der Waals surface area contributed by atoms with E-state index in [9.17, 15) is 0 Å². The van der Waals surface area contributed by atoms with Gasteiger partial charge in [-0.15, -0.1) is 0 Å². The van der Waals surface area contributed by atoms with Gasteiger partial charge in [-0.05, 0) is 69.5 Å². The van der Waals surface area contributed by atoms with E-state index >= 15 is 0 Å². The summed E-state index contributed by atoms with van der Waals surface area (Å²) in [6, 6.07) is 9.47. The van der Waals surface area contributed by atoms with Gasteiger partial charge < -0.3 is 15.5 Å². The molecule has 0 radical (unpaired) electrons. The lowest BCUT2D eigenvalue weighted by molar-refractivity contribution is 0.253. The molecule has 5 nitrogen and oxygen atoms in total. The number of unbranched alkanes of at least 4 members (excludes halogenated alkanes) is 1. The normalized spacial score (nSPS) is 23.4. The Morgan fingerprint density at radius 2 is 2.00 bits per heavy atom. The van der Waals surface area contributed by atoms with E-state index in [1.165, 1.54) is 63.0 Å². The van der Waals surface area contributed by atoms with Gasteiger partial charge in [-0.2, -0.15) is 11.8 Å². The first-order chi connectivity index (χ1) is 14.2. The summed E-state index contributed by atoms with van der Waals surface area (Å²) in [5.41, 5.74) is 2.72. The van der Waals surface area contributed by atoms with Gasteiger partial charge in [0.05, 0.1) is 0 Å². The molecule has 0 bridgehead atoms. The Bertz CT molecular complexity index is 642. The predicted molar refractivity (Wildman–Crippen MR) is 129 cm³/mol. The molecule has 3 rings (SSSR count). The molecule has 2 unspecified atom stereocenters. The van der Waals surface area contributed by atoms with Gasteiger partial charge in [0, 0.05) is 56.8 Å². The predicted octanol–water partition coefficient (Wildman–Crippen LogP) is 3.35. The molecule has 2 atom stereocenters. The summed E-state index contributed by atoms with van der Waals surface area (Å²) in [6.45, 7) is 8.99. The van der Waals surface area contributed by atoms with Crippen molar-refractivity contribution < 1.29 is 0 Å². The van der Waals surface area contributed by atoms with E-state index in [0.717, 1.165) is 30.8 Å². The van der Waals surface area contributed by atoms with Crippen LogP contribution in [0.1, 0.15) is 37.7 Å². The van der Waals surface area contributed by atoms with E-state index in [1.54, 1.807) is 0 Å². The maximum atomic E-state index is 4.40. The summed E-state index contributed by atoms with van der Waals surface area (Å²) >= 11 is 2.00. The number of hydrogen-bond donors (Lipinski definition) is 2. The van der Waals surface area contributed by atoms with Crippen LogP contribution in [0, 0.1) is 6.92 Å². The van der Waals surface area contributed by atoms with Gasteiger partial charge in [-0.1, -0.05) is 12.1 Å². The van der Waals surface area contributed by atoms with Crippen molar-refractivity contribution in [2.24, 2.45) is 4.99 Å². The van der Waals surface area contributed by atoms with Crippen molar-refractivity contribution in [3.8, 4) is 0 Å². The first kappa shape index (κ1) is 22.3. The van der Waals surface area contributed by atoms with Gasteiger partial charge in [-0.3, -0.25) is 9.89 Å². The molecule has 1 aliphatic heterocycles. The summed E-state index contributed by atoms with van der Waals surface area (Å²) in [5.74, 6) is 0.975. The van der Waals surface area contributed by atoms with E-state index in [0.29, 0.717) is 6.04 Å². The van der Waals surface area contributed by atoms with Crippen LogP contribution in [0.3, 0.4) is 0 Å². The van der Waals surface area contributed by atoms with Crippen molar-refractivity contribution in [3.63, 3.8) is 0 Å². The van der Waals surface area contributed by atoms with Crippen LogP contribution < -0.4 is 15.5 Å². The third kappa shape index (κ3) is 7.10. The Labute approximate surface area is 181 Å². The quantitative estimate of drug-likeness (QED) is 0.386. The van der Waals surface area contributed by atoms with Crippen molar-refractivity contribution in [2.45, 2.75) is 50.3 Å². The highest BCUT2D eigenvalue weighted by Gasteiger charge is 2.24. The zero-order valence-corrected chi connectivity index (χ0v) is 19.3. The number of nitrogens with one attached hydrogen (secondary N) is 2. The molecule has 29 heavy (non-hydrogen) atoms. The average molecular weight is 418 g/mol. The molecule has 1 saturated heterocycles. The first-order valence-corrected chi connectivity index (χ1v) is 12.5. The monoisotopic (exact) mass is 417 g/mol. The molecule has 1 aromatic rings. The minimum atomic E-state index is 0.586. The molecule has 6 heteroatoms. The van der Waals surface area contributed by atoms with Crippen LogP contribution >= 0.6 is 11.8 Å². The first-order valence-electron chi connectivity index (χ1n) is 11.2. The van der Waals surface area contributed by atoms with Gasteiger partial charge in [-0.25, -0.2) is 0 Å². The Kier molecular flexibility index (Phi) is 8.99. The standard InChI is InChI=1S/C23H39N5S/c1-19-7-6-8-21(17-19)28-15-13-27(14-16-28)12-5-4-11-25-23(24-2)26-20-9-10-22(18-20)29-3/h6-8,17,20,22H,4-5,9-16,18H2,1-3H3,(H2,24,25,26). The molecular weight excluding hydrogens is 378 g/mol. The summed E-state index contributed by atoms with van der Waals surface area (Å²) in [5, 5.41) is 7.93. The second-order valence-corrected chi connectivity index (χ2v) is 9.52. The minimum absolute atomic E-state index is 0.586. The SMILES string of the molecule is CN=C(NCCCCN1CCN(c2cccc(C)c2)CC1)NC1CCC(SC)C1. The largest absolute Gasteiger partial charge is 0.369 e. The van der Waals surface area contributed by atoms with Crippen LogP contribution in [-0.4, -0.2) is 74.7 Å². The highest BCUT2D eigenvalue weighted by Crippen LogP contribution is 2.28. The van der Waals surface area contributed by atoms with Crippen molar-refractivity contribution in [1.29, 1.82) is 0 Å². The molecule has 1 aromatic carbocycles. The number of benzene rings is 1. The molecule has 1 aliphatic carbocycles. The number of hydrogen-bond acceptors (Lipinski definition) is 4. The summed E-state index contributed by atoms with van der Waals surface area (Å²) in [6.07, 6.45) is 8.51. The highest BCUT2D eigenvalue weighted by molar-refractivity contribution is 7.99. The lowest BCUT2D eigenvalue weighted by Gasteiger charge is -2.36. The maximum absolute atomic E-state index is 4.40. The highest BCUT2D eigenvalue weighted by atomic mass is 32.2. The molecule has 0 amide bonds. The van der Waals surface area contributed by atoms with E-state index < -0.39 is 0 Å². The Balaban J connectivity index is 1.26. The molecule has 0 aromatic heterocycles. The third-order valence-electron chi connectivity index (χ3n) is 6.21. The second-order valence-electron chi connectivity index (χ2n) is 8.39. The van der Waals surface area contributed by atoms with Crippen molar-refractivity contribution in [3.05, 3.63) is 29.8 Å². The number of thioether (sulfide) groups is 1. The van der Waals surface area contributed by atoms with Gasteiger partial charge in [0.1, 0.15) is 0 Å². The number of anilines is 1. The van der Waals surface area contributed by atoms with E-state index in [2.05, 4.69) is 62.9 Å². The zero-order valence-electron chi connectivity index (χ0n) is 18.5. The van der Waals surface area contributed by atoms with Gasteiger partial charge in [0.25, 0.3) is 0 Å². The molecule has 2 aliphatic rings. The number of piperazine rings is 1. The molecule has 1 saturated carbocycles. The third-order valence-corrected chi connectivity index (χ3v) is 7.31. The van der Waals surface area contributed by atoms with Crippen molar-refractivity contribution >= 4 is 23.4 Å².